The molecule has 0 amide bonds. The number of ketones is 1. The standard InChI is InChI=1S/C11H18N2O/c1-4-5-6-7-10(9-13(2)3)11(14)8-12/h9H,4-7H2,1-3H3. The lowest BCUT2D eigenvalue weighted by molar-refractivity contribution is -0.110. The fourth-order valence-electron chi connectivity index (χ4n) is 1.19. The number of allylic oxidation sites excluding steroid dienone is 1. The van der Waals surface area contributed by atoms with Gasteiger partial charge in [-0.25, -0.2) is 0 Å². The summed E-state index contributed by atoms with van der Waals surface area (Å²) in [4.78, 5) is 13.0. The maximum absolute atomic E-state index is 11.2. The Morgan fingerprint density at radius 1 is 1.43 bits per heavy atom. The molecule has 0 aliphatic heterocycles. The third-order valence-corrected chi connectivity index (χ3v) is 1.86. The van der Waals surface area contributed by atoms with E-state index in [1.54, 1.807) is 17.2 Å². The molecule has 0 N–H and O–H groups in total. The van der Waals surface area contributed by atoms with Gasteiger partial charge in [-0.2, -0.15) is 5.26 Å². The Labute approximate surface area is 86.0 Å². The van der Waals surface area contributed by atoms with E-state index < -0.39 is 5.78 Å². The Hall–Kier alpha value is -1.30. The van der Waals surface area contributed by atoms with E-state index >= 15 is 0 Å². The van der Waals surface area contributed by atoms with Gasteiger partial charge >= 0.3 is 0 Å². The summed E-state index contributed by atoms with van der Waals surface area (Å²) >= 11 is 0. The molecular formula is C11H18N2O. The largest absolute Gasteiger partial charge is 0.383 e. The van der Waals surface area contributed by atoms with Gasteiger partial charge in [0, 0.05) is 25.9 Å². The van der Waals surface area contributed by atoms with Gasteiger partial charge in [0.05, 0.1) is 0 Å². The number of carbonyl (C=O) groups is 1. The molecule has 0 aromatic rings. The van der Waals surface area contributed by atoms with E-state index in [4.69, 9.17) is 5.26 Å². The van der Waals surface area contributed by atoms with Crippen molar-refractivity contribution in [2.24, 2.45) is 0 Å². The molecule has 0 saturated carbocycles. The predicted octanol–water partition coefficient (Wildman–Crippen LogP) is 2.10. The zero-order valence-corrected chi connectivity index (χ0v) is 9.21. The molecule has 0 fully saturated rings. The van der Waals surface area contributed by atoms with Crippen LogP contribution in [0.25, 0.3) is 0 Å². The Balaban J connectivity index is 4.28. The van der Waals surface area contributed by atoms with Crippen molar-refractivity contribution in [3.63, 3.8) is 0 Å². The second-order valence-electron chi connectivity index (χ2n) is 3.52. The zero-order chi connectivity index (χ0) is 11.0. The smallest absolute Gasteiger partial charge is 0.259 e. The maximum atomic E-state index is 11.2. The number of nitrogens with zero attached hydrogens (tertiary/aromatic N) is 2. The van der Waals surface area contributed by atoms with Crippen molar-refractivity contribution in [1.29, 1.82) is 5.26 Å². The van der Waals surface area contributed by atoms with E-state index in [1.165, 1.54) is 0 Å². The van der Waals surface area contributed by atoms with Crippen molar-refractivity contribution < 1.29 is 4.79 Å². The summed E-state index contributed by atoms with van der Waals surface area (Å²) in [5.41, 5.74) is 0.617. The Morgan fingerprint density at radius 2 is 2.07 bits per heavy atom. The number of rotatable bonds is 6. The highest BCUT2D eigenvalue weighted by molar-refractivity contribution is 6.06. The van der Waals surface area contributed by atoms with Gasteiger partial charge in [-0.3, -0.25) is 4.79 Å². The van der Waals surface area contributed by atoms with Gasteiger partial charge in [-0.05, 0) is 12.8 Å². The number of Topliss-reactive ketones (excluding diaryl/α,β-unsaturated/α-hetero) is 1. The van der Waals surface area contributed by atoms with Gasteiger partial charge in [0.2, 0.25) is 0 Å². The van der Waals surface area contributed by atoms with Gasteiger partial charge in [0.1, 0.15) is 6.07 Å². The second kappa shape index (κ2) is 7.14. The molecule has 0 saturated heterocycles. The van der Waals surface area contributed by atoms with Crippen LogP contribution in [0, 0.1) is 11.3 Å². The summed E-state index contributed by atoms with van der Waals surface area (Å²) in [5, 5.41) is 8.52. The van der Waals surface area contributed by atoms with E-state index in [0.717, 1.165) is 19.3 Å². The molecule has 0 heterocycles. The molecule has 0 aliphatic carbocycles. The first-order chi connectivity index (χ1) is 6.61. The summed E-state index contributed by atoms with van der Waals surface area (Å²) in [7, 11) is 3.70. The predicted molar refractivity (Wildman–Crippen MR) is 56.5 cm³/mol. The van der Waals surface area contributed by atoms with Crippen LogP contribution in [0.3, 0.4) is 0 Å². The fraction of sp³-hybridized carbons (Fsp3) is 0.636. The van der Waals surface area contributed by atoms with Gasteiger partial charge in [-0.15, -0.1) is 0 Å². The SMILES string of the molecule is CCCCCC(=CN(C)C)C(=O)C#N. The van der Waals surface area contributed by atoms with Gasteiger partial charge in [0.25, 0.3) is 5.78 Å². The molecule has 78 valence electrons. The van der Waals surface area contributed by atoms with E-state index in [2.05, 4.69) is 6.92 Å². The van der Waals surface area contributed by atoms with Gasteiger partial charge < -0.3 is 4.90 Å². The van der Waals surface area contributed by atoms with E-state index in [-0.39, 0.29) is 0 Å². The molecule has 14 heavy (non-hydrogen) atoms. The molecule has 3 heteroatoms. The highest BCUT2D eigenvalue weighted by Crippen LogP contribution is 2.10. The quantitative estimate of drug-likeness (QED) is 0.369. The molecule has 0 aliphatic rings. The van der Waals surface area contributed by atoms with Crippen LogP contribution >= 0.6 is 0 Å². The molecule has 0 aromatic carbocycles. The molecule has 3 nitrogen and oxygen atoms in total. The van der Waals surface area contributed by atoms with E-state index in [1.807, 2.05) is 14.1 Å². The Kier molecular flexibility index (Phi) is 6.47. The Bertz CT molecular complexity index is 249. The summed E-state index contributed by atoms with van der Waals surface area (Å²) in [5.74, 6) is -0.408. The normalized spacial score (nSPS) is 10.9. The number of hydrogen-bond acceptors (Lipinski definition) is 3. The van der Waals surface area contributed by atoms with Crippen LogP contribution in [0.5, 0.6) is 0 Å². The number of carbonyl (C=O) groups excluding carboxylic acids is 1. The van der Waals surface area contributed by atoms with Crippen molar-refractivity contribution in [3.05, 3.63) is 11.8 Å². The Morgan fingerprint density at radius 3 is 2.50 bits per heavy atom. The molecule has 0 atom stereocenters. The highest BCUT2D eigenvalue weighted by atomic mass is 16.1. The van der Waals surface area contributed by atoms with Crippen molar-refractivity contribution in [2.45, 2.75) is 32.6 Å². The van der Waals surface area contributed by atoms with Gasteiger partial charge in [0.15, 0.2) is 0 Å². The van der Waals surface area contributed by atoms with Gasteiger partial charge in [-0.1, -0.05) is 19.8 Å². The number of nitriles is 1. The van der Waals surface area contributed by atoms with Crippen molar-refractivity contribution >= 4 is 5.78 Å². The molecule has 0 rings (SSSR count). The number of unbranched alkanes of at least 4 members (excludes halogenated alkanes) is 2. The topological polar surface area (TPSA) is 44.1 Å². The van der Waals surface area contributed by atoms with Crippen LogP contribution in [0.2, 0.25) is 0 Å². The molecule has 0 unspecified atom stereocenters. The minimum absolute atomic E-state index is 0.408. The molecule has 0 spiro atoms. The molecule has 0 radical (unpaired) electrons. The van der Waals surface area contributed by atoms with Crippen LogP contribution in [-0.2, 0) is 4.79 Å². The van der Waals surface area contributed by atoms with E-state index in [0.29, 0.717) is 12.0 Å². The van der Waals surface area contributed by atoms with Crippen LogP contribution < -0.4 is 0 Å². The summed E-state index contributed by atoms with van der Waals surface area (Å²) in [6, 6.07) is 1.66. The third kappa shape index (κ3) is 5.36. The average molecular weight is 194 g/mol. The zero-order valence-electron chi connectivity index (χ0n) is 9.21. The van der Waals surface area contributed by atoms with Crippen LogP contribution in [-0.4, -0.2) is 24.8 Å². The second-order valence-corrected chi connectivity index (χ2v) is 3.52. The lowest BCUT2D eigenvalue weighted by atomic mass is 10.1. The molecule has 0 aromatic heterocycles. The average Bonchev–Trinajstić information content (AvgIpc) is 2.15. The van der Waals surface area contributed by atoms with Crippen molar-refractivity contribution in [1.82, 2.24) is 4.90 Å². The van der Waals surface area contributed by atoms with Crippen LogP contribution in [0.15, 0.2) is 11.8 Å². The summed E-state index contributed by atoms with van der Waals surface area (Å²) in [6.45, 7) is 2.11. The first kappa shape index (κ1) is 12.7. The van der Waals surface area contributed by atoms with Crippen molar-refractivity contribution in [3.8, 4) is 6.07 Å². The van der Waals surface area contributed by atoms with Crippen molar-refractivity contribution in [2.75, 3.05) is 14.1 Å². The molecular weight excluding hydrogens is 176 g/mol. The molecule has 0 bridgehead atoms. The first-order valence-corrected chi connectivity index (χ1v) is 4.93. The third-order valence-electron chi connectivity index (χ3n) is 1.86. The summed E-state index contributed by atoms with van der Waals surface area (Å²) < 4.78 is 0. The monoisotopic (exact) mass is 194 g/mol. The highest BCUT2D eigenvalue weighted by Gasteiger charge is 2.07. The van der Waals surface area contributed by atoms with E-state index in [9.17, 15) is 4.79 Å². The maximum Gasteiger partial charge on any atom is 0.259 e. The number of hydrogen-bond donors (Lipinski definition) is 0. The lowest BCUT2D eigenvalue weighted by Gasteiger charge is -2.08. The minimum Gasteiger partial charge on any atom is -0.383 e. The minimum atomic E-state index is -0.408. The summed E-state index contributed by atoms with van der Waals surface area (Å²) in [6.07, 6.45) is 5.64. The van der Waals surface area contributed by atoms with Crippen LogP contribution in [0.1, 0.15) is 32.6 Å². The van der Waals surface area contributed by atoms with Crippen LogP contribution in [0.4, 0.5) is 0 Å². The first-order valence-electron chi connectivity index (χ1n) is 4.93. The fourth-order valence-corrected chi connectivity index (χ4v) is 1.19. The lowest BCUT2D eigenvalue weighted by Crippen LogP contribution is -2.08.